The Morgan fingerprint density at radius 3 is 2.50 bits per heavy atom. The number of benzene rings is 2. The average Bonchev–Trinajstić information content (AvgIpc) is 2.97. The maximum Gasteiger partial charge on any atom is 0.257 e. The van der Waals surface area contributed by atoms with Crippen molar-refractivity contribution in [2.45, 2.75) is 19.9 Å². The van der Waals surface area contributed by atoms with Gasteiger partial charge < -0.3 is 9.84 Å². The van der Waals surface area contributed by atoms with Crippen LogP contribution in [0.3, 0.4) is 0 Å². The molecule has 1 aromatic heterocycles. The summed E-state index contributed by atoms with van der Waals surface area (Å²) in [6.45, 7) is 3.65. The summed E-state index contributed by atoms with van der Waals surface area (Å²) >= 11 is 6.23. The van der Waals surface area contributed by atoms with Gasteiger partial charge in [-0.25, -0.2) is 0 Å². The van der Waals surface area contributed by atoms with Gasteiger partial charge in [-0.3, -0.25) is 4.79 Å². The molecule has 0 radical (unpaired) electrons. The number of halogens is 1. The van der Waals surface area contributed by atoms with Crippen LogP contribution in [-0.2, 0) is 0 Å². The number of carbonyl (C=O) groups is 1. The van der Waals surface area contributed by atoms with Crippen LogP contribution in [0.25, 0.3) is 11.3 Å². The fraction of sp³-hybridized carbons (Fsp3) is 0.158. The van der Waals surface area contributed by atoms with Gasteiger partial charge in [-0.2, -0.15) is 0 Å². The summed E-state index contributed by atoms with van der Waals surface area (Å²) in [6, 6.07) is 16.9. The minimum atomic E-state index is -0.236. The summed E-state index contributed by atoms with van der Waals surface area (Å²) in [6.07, 6.45) is 0. The van der Waals surface area contributed by atoms with Gasteiger partial charge in [0.1, 0.15) is 17.0 Å². The average molecular weight is 341 g/mol. The molecule has 0 saturated heterocycles. The molecule has 0 fully saturated rings. The maximum absolute atomic E-state index is 12.8. The molecule has 1 heterocycles. The molecule has 3 rings (SSSR count). The number of amides is 1. The zero-order chi connectivity index (χ0) is 17.1. The number of aryl methyl sites for hydroxylation is 1. The van der Waals surface area contributed by atoms with Gasteiger partial charge in [0, 0.05) is 5.56 Å². The molecule has 24 heavy (non-hydrogen) atoms. The number of hydrogen-bond acceptors (Lipinski definition) is 3. The first-order valence-corrected chi connectivity index (χ1v) is 8.02. The van der Waals surface area contributed by atoms with Crippen molar-refractivity contribution in [3.63, 3.8) is 0 Å². The summed E-state index contributed by atoms with van der Waals surface area (Å²) in [5.74, 6) is 0.225. The minimum Gasteiger partial charge on any atom is -0.360 e. The summed E-state index contributed by atoms with van der Waals surface area (Å²) in [7, 11) is 0. The molecule has 0 saturated carbocycles. The molecule has 2 aromatic carbocycles. The Bertz CT molecular complexity index is 859. The predicted molar refractivity (Wildman–Crippen MR) is 94.0 cm³/mol. The molecule has 0 unspecified atom stereocenters. The van der Waals surface area contributed by atoms with Crippen molar-refractivity contribution in [1.82, 2.24) is 10.5 Å². The predicted octanol–water partition coefficient (Wildman–Crippen LogP) is 4.79. The first kappa shape index (κ1) is 16.3. The SMILES string of the molecule is Cc1onc(-c2ccccc2Cl)c1C(=O)N[C@H](C)c1ccccc1. The zero-order valence-electron chi connectivity index (χ0n) is 13.4. The quantitative estimate of drug-likeness (QED) is 0.742. The second-order valence-electron chi connectivity index (χ2n) is 5.55. The van der Waals surface area contributed by atoms with Crippen LogP contribution in [0, 0.1) is 6.92 Å². The molecule has 5 heteroatoms. The van der Waals surface area contributed by atoms with Crippen LogP contribution in [-0.4, -0.2) is 11.1 Å². The van der Waals surface area contributed by atoms with E-state index in [4.69, 9.17) is 16.1 Å². The summed E-state index contributed by atoms with van der Waals surface area (Å²) in [5, 5.41) is 7.54. The monoisotopic (exact) mass is 340 g/mol. The van der Waals surface area contributed by atoms with Crippen LogP contribution in [0.2, 0.25) is 5.02 Å². The topological polar surface area (TPSA) is 55.1 Å². The molecule has 122 valence electrons. The molecule has 0 aliphatic rings. The van der Waals surface area contributed by atoms with Gasteiger partial charge in [-0.1, -0.05) is 65.3 Å². The van der Waals surface area contributed by atoms with Crippen molar-refractivity contribution in [1.29, 1.82) is 0 Å². The molecular weight excluding hydrogens is 324 g/mol. The number of carbonyl (C=O) groups excluding carboxylic acids is 1. The third kappa shape index (κ3) is 3.19. The summed E-state index contributed by atoms with van der Waals surface area (Å²) in [5.41, 5.74) is 2.56. The molecule has 1 atom stereocenters. The van der Waals surface area contributed by atoms with Crippen molar-refractivity contribution in [2.24, 2.45) is 0 Å². The van der Waals surface area contributed by atoms with Crippen LogP contribution in [0.5, 0.6) is 0 Å². The fourth-order valence-corrected chi connectivity index (χ4v) is 2.80. The lowest BCUT2D eigenvalue weighted by molar-refractivity contribution is 0.0939. The lowest BCUT2D eigenvalue weighted by Gasteiger charge is -2.14. The smallest absolute Gasteiger partial charge is 0.257 e. The molecule has 3 aromatic rings. The molecule has 1 amide bonds. The number of aromatic nitrogens is 1. The minimum absolute atomic E-state index is 0.132. The first-order valence-electron chi connectivity index (χ1n) is 7.65. The highest BCUT2D eigenvalue weighted by atomic mass is 35.5. The van der Waals surface area contributed by atoms with Crippen molar-refractivity contribution >= 4 is 17.5 Å². The summed E-state index contributed by atoms with van der Waals surface area (Å²) in [4.78, 5) is 12.8. The second kappa shape index (κ2) is 6.89. The van der Waals surface area contributed by atoms with Gasteiger partial charge in [-0.15, -0.1) is 0 Å². The number of rotatable bonds is 4. The van der Waals surface area contributed by atoms with E-state index in [0.29, 0.717) is 27.6 Å². The fourth-order valence-electron chi connectivity index (χ4n) is 2.57. The Labute approximate surface area is 145 Å². The normalized spacial score (nSPS) is 12.0. The van der Waals surface area contributed by atoms with Gasteiger partial charge in [-0.05, 0) is 25.5 Å². The third-order valence-electron chi connectivity index (χ3n) is 3.87. The van der Waals surface area contributed by atoms with Crippen LogP contribution in [0.4, 0.5) is 0 Å². The van der Waals surface area contributed by atoms with E-state index in [1.54, 1.807) is 13.0 Å². The Balaban J connectivity index is 1.91. The van der Waals surface area contributed by atoms with Crippen molar-refractivity contribution in [3.8, 4) is 11.3 Å². The van der Waals surface area contributed by atoms with Gasteiger partial charge in [0.05, 0.1) is 11.1 Å². The van der Waals surface area contributed by atoms with Crippen LogP contribution in [0.15, 0.2) is 59.1 Å². The van der Waals surface area contributed by atoms with E-state index in [1.807, 2.05) is 55.5 Å². The van der Waals surface area contributed by atoms with Gasteiger partial charge >= 0.3 is 0 Å². The third-order valence-corrected chi connectivity index (χ3v) is 4.20. The highest BCUT2D eigenvalue weighted by Crippen LogP contribution is 2.31. The Kier molecular flexibility index (Phi) is 4.67. The Morgan fingerprint density at radius 1 is 1.12 bits per heavy atom. The van der Waals surface area contributed by atoms with E-state index in [0.717, 1.165) is 5.56 Å². The van der Waals surface area contributed by atoms with E-state index in [-0.39, 0.29) is 11.9 Å². The number of nitrogens with one attached hydrogen (secondary N) is 1. The second-order valence-corrected chi connectivity index (χ2v) is 5.96. The van der Waals surface area contributed by atoms with E-state index in [1.165, 1.54) is 0 Å². The first-order chi connectivity index (χ1) is 11.6. The Morgan fingerprint density at radius 2 is 1.79 bits per heavy atom. The van der Waals surface area contributed by atoms with Crippen LogP contribution in [0.1, 0.15) is 34.6 Å². The number of hydrogen-bond donors (Lipinski definition) is 1. The molecule has 1 N–H and O–H groups in total. The molecule has 0 bridgehead atoms. The van der Waals surface area contributed by atoms with Crippen molar-refractivity contribution < 1.29 is 9.32 Å². The van der Waals surface area contributed by atoms with E-state index in [2.05, 4.69) is 10.5 Å². The molecule has 0 spiro atoms. The number of nitrogens with zero attached hydrogens (tertiary/aromatic N) is 1. The Hall–Kier alpha value is -2.59. The lowest BCUT2D eigenvalue weighted by atomic mass is 10.0. The molecule has 0 aliphatic carbocycles. The maximum atomic E-state index is 12.8. The van der Waals surface area contributed by atoms with Crippen molar-refractivity contribution in [3.05, 3.63) is 76.5 Å². The van der Waals surface area contributed by atoms with E-state index < -0.39 is 0 Å². The largest absolute Gasteiger partial charge is 0.360 e. The van der Waals surface area contributed by atoms with Gasteiger partial charge in [0.2, 0.25) is 0 Å². The highest BCUT2D eigenvalue weighted by Gasteiger charge is 2.24. The van der Waals surface area contributed by atoms with Gasteiger partial charge in [0.25, 0.3) is 5.91 Å². The molecular formula is C19H17ClN2O2. The molecule has 4 nitrogen and oxygen atoms in total. The van der Waals surface area contributed by atoms with Crippen molar-refractivity contribution in [2.75, 3.05) is 0 Å². The van der Waals surface area contributed by atoms with E-state index >= 15 is 0 Å². The van der Waals surface area contributed by atoms with E-state index in [9.17, 15) is 4.79 Å². The summed E-state index contributed by atoms with van der Waals surface area (Å²) < 4.78 is 5.24. The highest BCUT2D eigenvalue weighted by molar-refractivity contribution is 6.33. The molecule has 0 aliphatic heterocycles. The lowest BCUT2D eigenvalue weighted by Crippen LogP contribution is -2.27. The van der Waals surface area contributed by atoms with Crippen LogP contribution < -0.4 is 5.32 Å². The standard InChI is InChI=1S/C19H17ClN2O2/c1-12(14-8-4-3-5-9-14)21-19(23)17-13(2)24-22-18(17)15-10-6-7-11-16(15)20/h3-12H,1-2H3,(H,21,23)/t12-/m1/s1. The zero-order valence-corrected chi connectivity index (χ0v) is 14.2. The van der Waals surface area contributed by atoms with Gasteiger partial charge in [0.15, 0.2) is 0 Å². The van der Waals surface area contributed by atoms with Crippen LogP contribution >= 0.6 is 11.6 Å².